The summed E-state index contributed by atoms with van der Waals surface area (Å²) in [4.78, 5) is 29.5. The van der Waals surface area contributed by atoms with Gasteiger partial charge in [0.2, 0.25) is 0 Å². The van der Waals surface area contributed by atoms with Gasteiger partial charge in [-0.15, -0.1) is 0 Å². The van der Waals surface area contributed by atoms with Crippen LogP contribution in [0.15, 0.2) is 46.9 Å². The van der Waals surface area contributed by atoms with Crippen molar-refractivity contribution in [1.29, 1.82) is 0 Å². The number of rotatable bonds is 4. The van der Waals surface area contributed by atoms with Gasteiger partial charge >= 0.3 is 5.97 Å². The number of nitrogens with zero attached hydrogens (tertiary/aromatic N) is 1. The third-order valence-corrected chi connectivity index (χ3v) is 5.16. The van der Waals surface area contributed by atoms with Crippen LogP contribution in [0.4, 0.5) is 10.1 Å². The van der Waals surface area contributed by atoms with Crippen LogP contribution in [-0.4, -0.2) is 23.5 Å². The highest BCUT2D eigenvalue weighted by atomic mass is 79.9. The molecule has 0 atom stereocenters. The average Bonchev–Trinajstić information content (AvgIpc) is 3.14. The maximum Gasteiger partial charge on any atom is 0.339 e. The van der Waals surface area contributed by atoms with Crippen LogP contribution >= 0.6 is 15.9 Å². The second-order valence-corrected chi connectivity index (χ2v) is 7.45. The number of anilines is 1. The van der Waals surface area contributed by atoms with Gasteiger partial charge in [-0.25, -0.2) is 9.18 Å². The largest absolute Gasteiger partial charge is 0.452 e. The van der Waals surface area contributed by atoms with Crippen LogP contribution in [0, 0.1) is 5.82 Å². The molecule has 5 nitrogen and oxygen atoms in total. The molecule has 0 aliphatic heterocycles. The van der Waals surface area contributed by atoms with E-state index in [1.54, 1.807) is 6.07 Å². The first-order valence-corrected chi connectivity index (χ1v) is 9.65. The van der Waals surface area contributed by atoms with Gasteiger partial charge in [-0.3, -0.25) is 9.78 Å². The summed E-state index contributed by atoms with van der Waals surface area (Å²) >= 11 is 3.16. The zero-order valence-electron chi connectivity index (χ0n) is 14.8. The standard InChI is InChI=1S/C21H16BrFN2O3/c22-12-8-9-18(15(23)10-12)25-19(26)11-28-21(27)20-13-4-1-2-6-16(13)24-17-7-3-5-14(17)20/h1-2,4,6,8-10H,3,5,7,11H2,(H,25,26). The maximum atomic E-state index is 13.8. The van der Waals surface area contributed by atoms with Crippen molar-refractivity contribution in [1.82, 2.24) is 4.98 Å². The number of nitrogens with one attached hydrogen (secondary N) is 1. The number of aromatic nitrogens is 1. The summed E-state index contributed by atoms with van der Waals surface area (Å²) < 4.78 is 19.7. The lowest BCUT2D eigenvalue weighted by molar-refractivity contribution is -0.119. The van der Waals surface area contributed by atoms with Crippen LogP contribution in [0.2, 0.25) is 0 Å². The minimum atomic E-state index is -0.607. The molecule has 1 aromatic heterocycles. The van der Waals surface area contributed by atoms with Crippen LogP contribution in [0.5, 0.6) is 0 Å². The van der Waals surface area contributed by atoms with Crippen LogP contribution in [0.25, 0.3) is 10.9 Å². The molecule has 0 radical (unpaired) electrons. The first-order chi connectivity index (χ1) is 13.5. The van der Waals surface area contributed by atoms with Gasteiger partial charge < -0.3 is 10.1 Å². The summed E-state index contributed by atoms with van der Waals surface area (Å²) in [6.07, 6.45) is 2.51. The van der Waals surface area contributed by atoms with E-state index < -0.39 is 24.3 Å². The highest BCUT2D eigenvalue weighted by Crippen LogP contribution is 2.30. The fourth-order valence-corrected chi connectivity index (χ4v) is 3.76. The zero-order valence-corrected chi connectivity index (χ0v) is 16.4. The van der Waals surface area contributed by atoms with Crippen molar-refractivity contribution < 1.29 is 18.7 Å². The molecule has 1 aliphatic carbocycles. The predicted octanol–water partition coefficient (Wildman–Crippen LogP) is 4.42. The van der Waals surface area contributed by atoms with Gasteiger partial charge in [0.15, 0.2) is 6.61 Å². The summed E-state index contributed by atoms with van der Waals surface area (Å²) in [6.45, 7) is -0.500. The number of ether oxygens (including phenoxy) is 1. The van der Waals surface area contributed by atoms with Gasteiger partial charge in [-0.1, -0.05) is 34.1 Å². The summed E-state index contributed by atoms with van der Waals surface area (Å²) in [6, 6.07) is 11.7. The first kappa shape index (κ1) is 18.6. The summed E-state index contributed by atoms with van der Waals surface area (Å²) in [5.41, 5.74) is 3.03. The Bertz CT molecular complexity index is 1100. The maximum absolute atomic E-state index is 13.8. The molecule has 2 aromatic carbocycles. The Balaban J connectivity index is 1.52. The smallest absolute Gasteiger partial charge is 0.339 e. The molecule has 7 heteroatoms. The van der Waals surface area contributed by atoms with Crippen LogP contribution in [-0.2, 0) is 22.4 Å². The van der Waals surface area contributed by atoms with Crippen molar-refractivity contribution >= 4 is 44.4 Å². The molecular formula is C21H16BrFN2O3. The Hall–Kier alpha value is -2.80. The van der Waals surface area contributed by atoms with Crippen LogP contribution in [0.3, 0.4) is 0 Å². The van der Waals surface area contributed by atoms with E-state index in [0.717, 1.165) is 36.0 Å². The molecule has 1 N–H and O–H groups in total. The first-order valence-electron chi connectivity index (χ1n) is 8.85. The number of hydrogen-bond donors (Lipinski definition) is 1. The molecule has 0 spiro atoms. The quantitative estimate of drug-likeness (QED) is 0.607. The Morgan fingerprint density at radius 2 is 2.00 bits per heavy atom. The molecule has 0 fully saturated rings. The minimum Gasteiger partial charge on any atom is -0.452 e. The van der Waals surface area contributed by atoms with E-state index in [9.17, 15) is 14.0 Å². The summed E-state index contributed by atoms with van der Waals surface area (Å²) in [7, 11) is 0. The molecule has 1 heterocycles. The number of carbonyl (C=O) groups is 2. The third-order valence-electron chi connectivity index (χ3n) is 4.66. The number of benzene rings is 2. The monoisotopic (exact) mass is 442 g/mol. The van der Waals surface area contributed by atoms with E-state index in [1.165, 1.54) is 12.1 Å². The van der Waals surface area contributed by atoms with Gasteiger partial charge in [0.05, 0.1) is 16.8 Å². The van der Waals surface area contributed by atoms with Crippen molar-refractivity contribution in [3.8, 4) is 0 Å². The molecule has 3 aromatic rings. The topological polar surface area (TPSA) is 68.3 Å². The molecule has 0 saturated heterocycles. The Labute approximate surface area is 169 Å². The molecule has 0 unspecified atom stereocenters. The van der Waals surface area contributed by atoms with Crippen molar-refractivity contribution in [2.24, 2.45) is 0 Å². The fraction of sp³-hybridized carbons (Fsp3) is 0.190. The van der Waals surface area contributed by atoms with Gasteiger partial charge in [-0.05, 0) is 49.1 Å². The Morgan fingerprint density at radius 1 is 1.18 bits per heavy atom. The number of hydrogen-bond acceptors (Lipinski definition) is 4. The molecule has 1 amide bonds. The molecule has 0 bridgehead atoms. The van der Waals surface area contributed by atoms with Gasteiger partial charge in [-0.2, -0.15) is 0 Å². The molecular weight excluding hydrogens is 427 g/mol. The number of halogens is 2. The SMILES string of the molecule is O=C(COC(=O)c1c2c(nc3ccccc13)CCC2)Nc1ccc(Br)cc1F. The average molecular weight is 443 g/mol. The number of esters is 1. The minimum absolute atomic E-state index is 0.0273. The highest BCUT2D eigenvalue weighted by molar-refractivity contribution is 9.10. The van der Waals surface area contributed by atoms with Crippen LogP contribution in [0.1, 0.15) is 28.0 Å². The lowest BCUT2D eigenvalue weighted by atomic mass is 10.0. The van der Waals surface area contributed by atoms with Crippen molar-refractivity contribution in [2.75, 3.05) is 11.9 Å². The molecule has 0 saturated carbocycles. The number of para-hydroxylation sites is 1. The lowest BCUT2D eigenvalue weighted by Crippen LogP contribution is -2.22. The van der Waals surface area contributed by atoms with Gasteiger partial charge in [0.25, 0.3) is 5.91 Å². The van der Waals surface area contributed by atoms with E-state index in [4.69, 9.17) is 4.74 Å². The second-order valence-electron chi connectivity index (χ2n) is 6.53. The number of aryl methyl sites for hydroxylation is 1. The summed E-state index contributed by atoms with van der Waals surface area (Å²) in [5, 5.41) is 3.12. The number of fused-ring (bicyclic) bond motifs is 2. The lowest BCUT2D eigenvalue weighted by Gasteiger charge is -2.12. The second kappa shape index (κ2) is 7.67. The van der Waals surface area contributed by atoms with Crippen molar-refractivity contribution in [2.45, 2.75) is 19.3 Å². The Morgan fingerprint density at radius 3 is 2.82 bits per heavy atom. The predicted molar refractivity (Wildman–Crippen MR) is 107 cm³/mol. The number of amides is 1. The van der Waals surface area contributed by atoms with Crippen molar-refractivity contribution in [3.63, 3.8) is 0 Å². The van der Waals surface area contributed by atoms with Gasteiger partial charge in [0, 0.05) is 15.6 Å². The fourth-order valence-electron chi connectivity index (χ4n) is 3.42. The molecule has 1 aliphatic rings. The number of carbonyl (C=O) groups excluding carboxylic acids is 2. The molecule has 142 valence electrons. The molecule has 28 heavy (non-hydrogen) atoms. The van der Waals surface area contributed by atoms with E-state index in [0.29, 0.717) is 15.4 Å². The summed E-state index contributed by atoms with van der Waals surface area (Å²) in [5.74, 6) is -1.75. The highest BCUT2D eigenvalue weighted by Gasteiger charge is 2.25. The number of pyridine rings is 1. The Kier molecular flexibility index (Phi) is 5.09. The van der Waals surface area contributed by atoms with E-state index in [-0.39, 0.29) is 5.69 Å². The van der Waals surface area contributed by atoms with E-state index in [1.807, 2.05) is 24.3 Å². The molecule has 4 rings (SSSR count). The van der Waals surface area contributed by atoms with Crippen LogP contribution < -0.4 is 5.32 Å². The van der Waals surface area contributed by atoms with Crippen molar-refractivity contribution in [3.05, 3.63) is 69.6 Å². The normalized spacial score (nSPS) is 12.6. The third kappa shape index (κ3) is 3.62. The van der Waals surface area contributed by atoms with E-state index in [2.05, 4.69) is 26.2 Å². The van der Waals surface area contributed by atoms with Gasteiger partial charge in [0.1, 0.15) is 5.82 Å². The van der Waals surface area contributed by atoms with E-state index >= 15 is 0 Å². The zero-order chi connectivity index (χ0) is 19.7.